The van der Waals surface area contributed by atoms with E-state index in [1.54, 1.807) is 0 Å². The molecule has 0 aromatic rings. The Balaban J connectivity index is 1.89. The molecule has 10 heteroatoms. The number of carboxylic acid groups (broad SMARTS) is 1. The van der Waals surface area contributed by atoms with E-state index in [0.29, 0.717) is 19.1 Å². The van der Waals surface area contributed by atoms with Crippen LogP contribution in [0.3, 0.4) is 0 Å². The van der Waals surface area contributed by atoms with Crippen molar-refractivity contribution in [3.05, 3.63) is 0 Å². The van der Waals surface area contributed by atoms with Crippen LogP contribution in [-0.4, -0.2) is 74.0 Å². The molecule has 5 atom stereocenters. The molecule has 134 valence electrons. The third-order valence-electron chi connectivity index (χ3n) is 4.13. The maximum atomic E-state index is 12.1. The Bertz CT molecular complexity index is 555. The van der Waals surface area contributed by atoms with Gasteiger partial charge in [0.15, 0.2) is 0 Å². The van der Waals surface area contributed by atoms with Gasteiger partial charge in [-0.25, -0.2) is 0 Å². The molecule has 0 aliphatic carbocycles. The van der Waals surface area contributed by atoms with Crippen LogP contribution < -0.4 is 11.1 Å². The minimum Gasteiger partial charge on any atom is -0.480 e. The first-order valence-electron chi connectivity index (χ1n) is 7.58. The number of hydrogen-bond acceptors (Lipinski definition) is 7. The summed E-state index contributed by atoms with van der Waals surface area (Å²) in [7, 11) is 0. The molecule has 2 aliphatic heterocycles. The number of β-lactam (4-membered cyclic amide) rings is 1. The average Bonchev–Trinajstić information content (AvgIpc) is 2.51. The summed E-state index contributed by atoms with van der Waals surface area (Å²) < 4.78 is 0. The second-order valence-corrected chi connectivity index (χ2v) is 7.53. The number of carboxylic acids is 1. The number of nitrogens with one attached hydrogen (secondary N) is 1. The summed E-state index contributed by atoms with van der Waals surface area (Å²) in [4.78, 5) is 47.0. The zero-order valence-corrected chi connectivity index (χ0v) is 14.0. The monoisotopic (exact) mass is 359 g/mol. The van der Waals surface area contributed by atoms with Crippen molar-refractivity contribution in [1.29, 1.82) is 0 Å². The lowest BCUT2D eigenvalue weighted by Crippen LogP contribution is -2.75. The number of carbonyl (C=O) groups excluding carboxylic acids is 3. The lowest BCUT2D eigenvalue weighted by Gasteiger charge is -2.54. The molecule has 2 fully saturated rings. The standard InChI is InChI=1S/C14H21N3O6S/c1-14(23)6-17-11(20)9(12(17)24-10(14)13(21)22)16-8(19)4-2-3-7(15)5-18/h5,7,9-10,12,23H,2-4,6,15H2,1H3,(H,16,19)(H,21,22)/t7?,9-,10-,12+,14+/m1/s1. The van der Waals surface area contributed by atoms with Crippen molar-refractivity contribution in [2.45, 2.75) is 54.5 Å². The van der Waals surface area contributed by atoms with Gasteiger partial charge in [-0.2, -0.15) is 0 Å². The van der Waals surface area contributed by atoms with Gasteiger partial charge in [-0.3, -0.25) is 14.4 Å². The van der Waals surface area contributed by atoms with Crippen LogP contribution in [-0.2, 0) is 19.2 Å². The first-order chi connectivity index (χ1) is 11.2. The fraction of sp³-hybridized carbons (Fsp3) is 0.714. The van der Waals surface area contributed by atoms with Crippen LogP contribution in [0, 0.1) is 0 Å². The van der Waals surface area contributed by atoms with E-state index in [-0.39, 0.29) is 24.8 Å². The summed E-state index contributed by atoms with van der Waals surface area (Å²) in [6, 6.07) is -1.40. The normalized spacial score (nSPS) is 33.2. The van der Waals surface area contributed by atoms with Crippen molar-refractivity contribution in [3.8, 4) is 0 Å². The Hall–Kier alpha value is -1.65. The first kappa shape index (κ1) is 18.7. The number of fused-ring (bicyclic) bond motifs is 1. The molecule has 0 spiro atoms. The molecule has 1 unspecified atom stereocenters. The van der Waals surface area contributed by atoms with E-state index in [1.165, 1.54) is 11.8 Å². The molecule has 2 aliphatic rings. The Morgan fingerprint density at radius 3 is 2.83 bits per heavy atom. The van der Waals surface area contributed by atoms with Crippen molar-refractivity contribution in [2.24, 2.45) is 5.73 Å². The molecule has 0 saturated carbocycles. The van der Waals surface area contributed by atoms with Gasteiger partial charge in [-0.15, -0.1) is 11.8 Å². The molecule has 0 bridgehead atoms. The van der Waals surface area contributed by atoms with Gasteiger partial charge < -0.3 is 31.0 Å². The maximum absolute atomic E-state index is 12.1. The number of nitrogens with two attached hydrogens (primary N) is 1. The van der Waals surface area contributed by atoms with E-state index < -0.39 is 34.3 Å². The van der Waals surface area contributed by atoms with Crippen LogP contribution in [0.25, 0.3) is 0 Å². The van der Waals surface area contributed by atoms with Gasteiger partial charge in [0.2, 0.25) is 11.8 Å². The molecule has 0 aromatic heterocycles. The van der Waals surface area contributed by atoms with Gasteiger partial charge in [-0.05, 0) is 19.8 Å². The fourth-order valence-electron chi connectivity index (χ4n) is 2.83. The van der Waals surface area contributed by atoms with Crippen LogP contribution in [0.1, 0.15) is 26.2 Å². The van der Waals surface area contributed by atoms with Gasteiger partial charge >= 0.3 is 5.97 Å². The number of aldehydes is 1. The number of rotatable bonds is 7. The summed E-state index contributed by atoms with van der Waals surface area (Å²) in [5.41, 5.74) is 3.91. The predicted octanol–water partition coefficient (Wildman–Crippen LogP) is -1.71. The number of aliphatic hydroxyl groups is 1. The van der Waals surface area contributed by atoms with Gasteiger partial charge in [0, 0.05) is 6.42 Å². The van der Waals surface area contributed by atoms with Crippen molar-refractivity contribution in [1.82, 2.24) is 10.2 Å². The number of amides is 2. The summed E-state index contributed by atoms with van der Waals surface area (Å²) in [5.74, 6) is -1.85. The van der Waals surface area contributed by atoms with Gasteiger partial charge in [-0.1, -0.05) is 0 Å². The van der Waals surface area contributed by atoms with Crippen molar-refractivity contribution >= 4 is 35.8 Å². The number of thioether (sulfide) groups is 1. The smallest absolute Gasteiger partial charge is 0.319 e. The van der Waals surface area contributed by atoms with Crippen molar-refractivity contribution < 1.29 is 29.4 Å². The summed E-state index contributed by atoms with van der Waals surface area (Å²) in [6.07, 6.45) is 1.54. The minimum atomic E-state index is -1.53. The van der Waals surface area contributed by atoms with E-state index in [0.717, 1.165) is 11.8 Å². The van der Waals surface area contributed by atoms with Crippen molar-refractivity contribution in [2.75, 3.05) is 6.54 Å². The summed E-state index contributed by atoms with van der Waals surface area (Å²) in [5, 5.41) is 20.4. The zero-order valence-electron chi connectivity index (χ0n) is 13.2. The Labute approximate surface area is 142 Å². The number of carbonyl (C=O) groups is 4. The lowest BCUT2D eigenvalue weighted by molar-refractivity contribution is -0.158. The molecule has 0 aromatic carbocycles. The number of aliphatic carboxylic acids is 1. The minimum absolute atomic E-state index is 0.0823. The maximum Gasteiger partial charge on any atom is 0.319 e. The van der Waals surface area contributed by atoms with Crippen LogP contribution in [0.15, 0.2) is 0 Å². The third-order valence-corrected chi connectivity index (χ3v) is 5.92. The van der Waals surface area contributed by atoms with E-state index in [1.807, 2.05) is 0 Å². The third kappa shape index (κ3) is 3.70. The summed E-state index contributed by atoms with van der Waals surface area (Å²) >= 11 is 0.957. The van der Waals surface area contributed by atoms with E-state index in [9.17, 15) is 29.4 Å². The van der Waals surface area contributed by atoms with Gasteiger partial charge in [0.05, 0.1) is 12.6 Å². The Kier molecular flexibility index (Phi) is 5.51. The second kappa shape index (κ2) is 7.08. The lowest BCUT2D eigenvalue weighted by atomic mass is 9.96. The largest absolute Gasteiger partial charge is 0.480 e. The molecule has 5 N–H and O–H groups in total. The van der Waals surface area contributed by atoms with E-state index in [4.69, 9.17) is 5.73 Å². The molecule has 2 amide bonds. The quantitative estimate of drug-likeness (QED) is 0.310. The van der Waals surface area contributed by atoms with Crippen LogP contribution in [0.2, 0.25) is 0 Å². The number of hydrogen-bond donors (Lipinski definition) is 4. The molecule has 0 radical (unpaired) electrons. The Morgan fingerprint density at radius 1 is 1.58 bits per heavy atom. The van der Waals surface area contributed by atoms with Gasteiger partial charge in [0.1, 0.15) is 28.6 Å². The zero-order chi connectivity index (χ0) is 18.1. The molecule has 24 heavy (non-hydrogen) atoms. The molecule has 2 saturated heterocycles. The highest BCUT2D eigenvalue weighted by atomic mass is 32.2. The van der Waals surface area contributed by atoms with Crippen molar-refractivity contribution in [3.63, 3.8) is 0 Å². The fourth-order valence-corrected chi connectivity index (χ4v) is 4.26. The highest BCUT2D eigenvalue weighted by Gasteiger charge is 2.58. The average molecular weight is 359 g/mol. The highest BCUT2D eigenvalue weighted by Crippen LogP contribution is 2.42. The van der Waals surface area contributed by atoms with Crippen LogP contribution in [0.5, 0.6) is 0 Å². The van der Waals surface area contributed by atoms with Gasteiger partial charge in [0.25, 0.3) is 0 Å². The molecule has 9 nitrogen and oxygen atoms in total. The molecular formula is C14H21N3O6S. The second-order valence-electron chi connectivity index (χ2n) is 6.31. The summed E-state index contributed by atoms with van der Waals surface area (Å²) in [6.45, 7) is 1.30. The van der Waals surface area contributed by atoms with Crippen LogP contribution >= 0.6 is 11.8 Å². The molecular weight excluding hydrogens is 338 g/mol. The topological polar surface area (TPSA) is 150 Å². The van der Waals surface area contributed by atoms with Crippen LogP contribution in [0.4, 0.5) is 0 Å². The predicted molar refractivity (Wildman–Crippen MR) is 85.0 cm³/mol. The SMILES string of the molecule is C[C@]1(O)CN2C(=O)[C@@H](NC(=O)CCCC(N)C=O)[C@@H]2S[C@@H]1C(=O)O. The highest BCUT2D eigenvalue weighted by molar-refractivity contribution is 8.01. The first-order valence-corrected chi connectivity index (χ1v) is 8.53. The molecule has 2 heterocycles. The number of nitrogens with zero attached hydrogens (tertiary/aromatic N) is 1. The Morgan fingerprint density at radius 2 is 2.25 bits per heavy atom. The van der Waals surface area contributed by atoms with E-state index in [2.05, 4.69) is 5.32 Å². The molecule has 2 rings (SSSR count). The van der Waals surface area contributed by atoms with E-state index >= 15 is 0 Å².